The average molecular weight is 227 g/mol. The standard InChI is InChI=1S/C11H12ClFN2/c1-8(5-14)6-15-7-9-3-2-4-10(12)11(9)13/h2-4,8,15H,6-7H2,1H3. The Balaban J connectivity index is 2.52. The molecule has 0 aliphatic rings. The van der Waals surface area contributed by atoms with E-state index in [9.17, 15) is 4.39 Å². The van der Waals surface area contributed by atoms with Crippen LogP contribution in [0.25, 0.3) is 0 Å². The molecular weight excluding hydrogens is 215 g/mol. The highest BCUT2D eigenvalue weighted by molar-refractivity contribution is 6.30. The minimum absolute atomic E-state index is 0.0766. The molecule has 15 heavy (non-hydrogen) atoms. The molecule has 1 atom stereocenters. The van der Waals surface area contributed by atoms with Crippen LogP contribution < -0.4 is 5.32 Å². The van der Waals surface area contributed by atoms with Crippen molar-refractivity contribution in [1.29, 1.82) is 5.26 Å². The van der Waals surface area contributed by atoms with Crippen molar-refractivity contribution < 1.29 is 4.39 Å². The van der Waals surface area contributed by atoms with Gasteiger partial charge in [0.1, 0.15) is 5.82 Å². The molecule has 0 radical (unpaired) electrons. The fourth-order valence-corrected chi connectivity index (χ4v) is 1.35. The van der Waals surface area contributed by atoms with Gasteiger partial charge in [0.05, 0.1) is 17.0 Å². The van der Waals surface area contributed by atoms with Gasteiger partial charge in [-0.15, -0.1) is 0 Å². The molecule has 0 amide bonds. The number of hydrogen-bond donors (Lipinski definition) is 1. The molecule has 0 saturated carbocycles. The molecule has 0 aliphatic heterocycles. The first-order valence-corrected chi connectivity index (χ1v) is 5.06. The summed E-state index contributed by atoms with van der Waals surface area (Å²) in [5, 5.41) is 11.7. The second-order valence-corrected chi connectivity index (χ2v) is 3.78. The van der Waals surface area contributed by atoms with Gasteiger partial charge in [0, 0.05) is 18.7 Å². The van der Waals surface area contributed by atoms with Crippen LogP contribution in [-0.4, -0.2) is 6.54 Å². The Hall–Kier alpha value is -1.11. The van der Waals surface area contributed by atoms with E-state index in [1.165, 1.54) is 6.07 Å². The van der Waals surface area contributed by atoms with Crippen LogP contribution in [0.15, 0.2) is 18.2 Å². The lowest BCUT2D eigenvalue weighted by atomic mass is 10.2. The Kier molecular flexibility index (Phi) is 4.54. The summed E-state index contributed by atoms with van der Waals surface area (Å²) in [6, 6.07) is 6.98. The third-order valence-corrected chi connectivity index (χ3v) is 2.31. The summed E-state index contributed by atoms with van der Waals surface area (Å²) in [5.41, 5.74) is 0.521. The highest BCUT2D eigenvalue weighted by atomic mass is 35.5. The van der Waals surface area contributed by atoms with E-state index in [1.54, 1.807) is 19.1 Å². The molecule has 0 heterocycles. The minimum atomic E-state index is -0.392. The van der Waals surface area contributed by atoms with Gasteiger partial charge >= 0.3 is 0 Å². The Labute approximate surface area is 93.7 Å². The van der Waals surface area contributed by atoms with Crippen molar-refractivity contribution in [1.82, 2.24) is 5.32 Å². The second kappa shape index (κ2) is 5.69. The Morgan fingerprint density at radius 1 is 1.60 bits per heavy atom. The van der Waals surface area contributed by atoms with Crippen LogP contribution >= 0.6 is 11.6 Å². The number of halogens is 2. The van der Waals surface area contributed by atoms with Crippen LogP contribution in [0.1, 0.15) is 12.5 Å². The summed E-state index contributed by atoms with van der Waals surface area (Å²) in [6.07, 6.45) is 0. The zero-order valence-corrected chi connectivity index (χ0v) is 9.18. The molecule has 0 bridgehead atoms. The number of nitrogens with zero attached hydrogens (tertiary/aromatic N) is 1. The largest absolute Gasteiger partial charge is 0.311 e. The van der Waals surface area contributed by atoms with Gasteiger partial charge < -0.3 is 5.32 Å². The summed E-state index contributed by atoms with van der Waals surface area (Å²) in [5.74, 6) is -0.469. The molecule has 1 aromatic rings. The molecule has 1 unspecified atom stereocenters. The van der Waals surface area contributed by atoms with Crippen molar-refractivity contribution in [2.24, 2.45) is 5.92 Å². The van der Waals surface area contributed by atoms with Gasteiger partial charge in [-0.05, 0) is 13.0 Å². The highest BCUT2D eigenvalue weighted by Crippen LogP contribution is 2.17. The first-order valence-electron chi connectivity index (χ1n) is 4.68. The molecule has 0 aromatic heterocycles. The summed E-state index contributed by atoms with van der Waals surface area (Å²) in [4.78, 5) is 0. The van der Waals surface area contributed by atoms with E-state index >= 15 is 0 Å². The molecule has 0 saturated heterocycles. The van der Waals surface area contributed by atoms with Gasteiger partial charge in [-0.2, -0.15) is 5.26 Å². The molecule has 2 nitrogen and oxygen atoms in total. The van der Waals surface area contributed by atoms with E-state index in [0.717, 1.165) is 0 Å². The highest BCUT2D eigenvalue weighted by Gasteiger charge is 2.06. The first-order chi connectivity index (χ1) is 7.15. The maximum absolute atomic E-state index is 13.4. The quantitative estimate of drug-likeness (QED) is 0.857. The molecule has 1 N–H and O–H groups in total. The minimum Gasteiger partial charge on any atom is -0.311 e. The third kappa shape index (κ3) is 3.50. The van der Waals surface area contributed by atoms with Gasteiger partial charge in [0.15, 0.2) is 0 Å². The van der Waals surface area contributed by atoms with Crippen molar-refractivity contribution in [2.45, 2.75) is 13.5 Å². The summed E-state index contributed by atoms with van der Waals surface area (Å²) in [7, 11) is 0. The average Bonchev–Trinajstić information content (AvgIpc) is 2.24. The molecule has 0 aliphatic carbocycles. The second-order valence-electron chi connectivity index (χ2n) is 3.37. The smallest absolute Gasteiger partial charge is 0.146 e. The normalized spacial score (nSPS) is 12.1. The van der Waals surface area contributed by atoms with E-state index < -0.39 is 5.82 Å². The van der Waals surface area contributed by atoms with Crippen LogP contribution in [0.4, 0.5) is 4.39 Å². The van der Waals surface area contributed by atoms with E-state index in [-0.39, 0.29) is 10.9 Å². The molecule has 1 aromatic carbocycles. The lowest BCUT2D eigenvalue weighted by Crippen LogP contribution is -2.20. The summed E-state index contributed by atoms with van der Waals surface area (Å²) >= 11 is 5.63. The summed E-state index contributed by atoms with van der Waals surface area (Å²) in [6.45, 7) is 2.74. The number of nitrogens with one attached hydrogen (secondary N) is 1. The lowest BCUT2D eigenvalue weighted by molar-refractivity contribution is 0.564. The topological polar surface area (TPSA) is 35.8 Å². The fourth-order valence-electron chi connectivity index (χ4n) is 1.15. The third-order valence-electron chi connectivity index (χ3n) is 2.02. The van der Waals surface area contributed by atoms with Gasteiger partial charge in [-0.3, -0.25) is 0 Å². The van der Waals surface area contributed by atoms with Crippen molar-refractivity contribution in [3.05, 3.63) is 34.6 Å². The van der Waals surface area contributed by atoms with E-state index in [0.29, 0.717) is 18.7 Å². The first kappa shape index (κ1) is 12.0. The predicted octanol–water partition coefficient (Wildman–Crippen LogP) is 2.73. The zero-order valence-electron chi connectivity index (χ0n) is 8.43. The predicted molar refractivity (Wildman–Crippen MR) is 57.9 cm³/mol. The van der Waals surface area contributed by atoms with Crippen LogP contribution in [0.3, 0.4) is 0 Å². The Bertz CT molecular complexity index is 373. The number of nitriles is 1. The van der Waals surface area contributed by atoms with E-state index in [1.807, 2.05) is 0 Å². The molecule has 80 valence electrons. The van der Waals surface area contributed by atoms with Gasteiger partial charge in [0.25, 0.3) is 0 Å². The molecule has 4 heteroatoms. The van der Waals surface area contributed by atoms with Crippen LogP contribution in [0, 0.1) is 23.1 Å². The summed E-state index contributed by atoms with van der Waals surface area (Å²) < 4.78 is 13.4. The van der Waals surface area contributed by atoms with Crippen LogP contribution in [-0.2, 0) is 6.54 Å². The number of hydrogen-bond acceptors (Lipinski definition) is 2. The van der Waals surface area contributed by atoms with Crippen molar-refractivity contribution >= 4 is 11.6 Å². The maximum atomic E-state index is 13.4. The van der Waals surface area contributed by atoms with Gasteiger partial charge in [-0.1, -0.05) is 23.7 Å². The van der Waals surface area contributed by atoms with Crippen molar-refractivity contribution in [2.75, 3.05) is 6.54 Å². The zero-order chi connectivity index (χ0) is 11.3. The monoisotopic (exact) mass is 226 g/mol. The van der Waals surface area contributed by atoms with Gasteiger partial charge in [0.2, 0.25) is 0 Å². The molecule has 1 rings (SSSR count). The molecular formula is C11H12ClFN2. The van der Waals surface area contributed by atoms with Crippen molar-refractivity contribution in [3.63, 3.8) is 0 Å². The molecule has 0 spiro atoms. The van der Waals surface area contributed by atoms with E-state index in [4.69, 9.17) is 16.9 Å². The maximum Gasteiger partial charge on any atom is 0.146 e. The van der Waals surface area contributed by atoms with Crippen molar-refractivity contribution in [3.8, 4) is 6.07 Å². The molecule has 0 fully saturated rings. The SMILES string of the molecule is CC(C#N)CNCc1cccc(Cl)c1F. The lowest BCUT2D eigenvalue weighted by Gasteiger charge is -2.07. The van der Waals surface area contributed by atoms with E-state index in [2.05, 4.69) is 11.4 Å². The van der Waals surface area contributed by atoms with Crippen LogP contribution in [0.2, 0.25) is 5.02 Å². The Morgan fingerprint density at radius 2 is 2.33 bits per heavy atom. The fraction of sp³-hybridized carbons (Fsp3) is 0.364. The number of benzene rings is 1. The van der Waals surface area contributed by atoms with Gasteiger partial charge in [-0.25, -0.2) is 4.39 Å². The number of rotatable bonds is 4. The van der Waals surface area contributed by atoms with Crippen LogP contribution in [0.5, 0.6) is 0 Å². The Morgan fingerprint density at radius 3 is 3.00 bits per heavy atom.